The third-order valence-corrected chi connectivity index (χ3v) is 4.04. The Kier molecular flexibility index (Phi) is 10.1. The van der Waals surface area contributed by atoms with Crippen LogP contribution in [0, 0.1) is 0 Å². The van der Waals surface area contributed by atoms with Crippen LogP contribution in [0.15, 0.2) is 29.3 Å². The molecule has 0 amide bonds. The molecule has 0 aliphatic heterocycles. The van der Waals surface area contributed by atoms with E-state index in [1.165, 1.54) is 31.2 Å². The fourth-order valence-corrected chi connectivity index (χ4v) is 2.72. The van der Waals surface area contributed by atoms with Gasteiger partial charge in [-0.15, -0.1) is 24.0 Å². The van der Waals surface area contributed by atoms with Crippen molar-refractivity contribution >= 4 is 29.9 Å². The molecule has 1 aliphatic carbocycles. The Hall–Kier alpha value is -0.980. The van der Waals surface area contributed by atoms with Gasteiger partial charge in [0.25, 0.3) is 0 Å². The summed E-state index contributed by atoms with van der Waals surface area (Å²) in [6, 6.07) is 8.86. The van der Waals surface area contributed by atoms with Crippen LogP contribution in [0.4, 0.5) is 0 Å². The lowest BCUT2D eigenvalue weighted by Crippen LogP contribution is -2.41. The molecule has 0 aromatic heterocycles. The first-order chi connectivity index (χ1) is 10.8. The molecule has 0 radical (unpaired) electrons. The molecule has 1 fully saturated rings. The molecule has 1 aromatic carbocycles. The van der Waals surface area contributed by atoms with E-state index in [1.54, 1.807) is 0 Å². The van der Waals surface area contributed by atoms with Crippen molar-refractivity contribution in [1.82, 2.24) is 10.6 Å². The maximum Gasteiger partial charge on any atom is 0.191 e. The summed E-state index contributed by atoms with van der Waals surface area (Å²) in [5.74, 6) is 1.84. The fraction of sp³-hybridized carbons (Fsp3) is 0.611. The number of hydrogen-bond acceptors (Lipinski definition) is 2. The Labute approximate surface area is 157 Å². The van der Waals surface area contributed by atoms with Crippen LogP contribution in [0.3, 0.4) is 0 Å². The number of nitrogens with one attached hydrogen (secondary N) is 2. The summed E-state index contributed by atoms with van der Waals surface area (Å²) < 4.78 is 5.75. The zero-order chi connectivity index (χ0) is 15.6. The SMILES string of the molecule is CCCCOc1cccc(CNC(=NC)NC2CCCC2)c1.I. The first kappa shape index (κ1) is 20.1. The van der Waals surface area contributed by atoms with Gasteiger partial charge in [-0.05, 0) is 37.0 Å². The molecule has 1 saturated carbocycles. The van der Waals surface area contributed by atoms with Crippen molar-refractivity contribution in [2.75, 3.05) is 13.7 Å². The fourth-order valence-electron chi connectivity index (χ4n) is 2.72. The topological polar surface area (TPSA) is 45.6 Å². The summed E-state index contributed by atoms with van der Waals surface area (Å²) in [6.07, 6.45) is 7.41. The lowest BCUT2D eigenvalue weighted by Gasteiger charge is -2.17. The van der Waals surface area contributed by atoms with Crippen LogP contribution in [0.2, 0.25) is 0 Å². The van der Waals surface area contributed by atoms with Crippen LogP contribution in [-0.2, 0) is 6.54 Å². The summed E-state index contributed by atoms with van der Waals surface area (Å²) in [5.41, 5.74) is 1.21. The number of unbranched alkanes of at least 4 members (excludes halogenated alkanes) is 1. The quantitative estimate of drug-likeness (QED) is 0.296. The third-order valence-electron chi connectivity index (χ3n) is 4.04. The van der Waals surface area contributed by atoms with E-state index < -0.39 is 0 Å². The van der Waals surface area contributed by atoms with Crippen LogP contribution in [0.1, 0.15) is 51.0 Å². The summed E-state index contributed by atoms with van der Waals surface area (Å²) >= 11 is 0. The van der Waals surface area contributed by atoms with Gasteiger partial charge in [0.2, 0.25) is 0 Å². The van der Waals surface area contributed by atoms with Crippen molar-refractivity contribution in [3.05, 3.63) is 29.8 Å². The predicted molar refractivity (Wildman–Crippen MR) is 108 cm³/mol. The minimum atomic E-state index is 0. The average Bonchev–Trinajstić information content (AvgIpc) is 3.05. The zero-order valence-corrected chi connectivity index (χ0v) is 16.6. The Morgan fingerprint density at radius 2 is 2.09 bits per heavy atom. The normalized spacial score (nSPS) is 15.1. The highest BCUT2D eigenvalue weighted by Gasteiger charge is 2.15. The van der Waals surface area contributed by atoms with Gasteiger partial charge < -0.3 is 15.4 Å². The molecule has 0 saturated heterocycles. The van der Waals surface area contributed by atoms with Gasteiger partial charge >= 0.3 is 0 Å². The van der Waals surface area contributed by atoms with Crippen LogP contribution >= 0.6 is 24.0 Å². The van der Waals surface area contributed by atoms with Gasteiger partial charge in [0.1, 0.15) is 5.75 Å². The Bertz CT molecular complexity index is 473. The smallest absolute Gasteiger partial charge is 0.191 e. The van der Waals surface area contributed by atoms with E-state index in [-0.39, 0.29) is 24.0 Å². The molecule has 0 bridgehead atoms. The molecule has 23 heavy (non-hydrogen) atoms. The van der Waals surface area contributed by atoms with Gasteiger partial charge in [-0.1, -0.05) is 38.3 Å². The van der Waals surface area contributed by atoms with Crippen molar-refractivity contribution in [3.63, 3.8) is 0 Å². The van der Waals surface area contributed by atoms with Crippen molar-refractivity contribution in [3.8, 4) is 5.75 Å². The number of halogens is 1. The first-order valence-electron chi connectivity index (χ1n) is 8.50. The molecule has 0 atom stereocenters. The highest BCUT2D eigenvalue weighted by molar-refractivity contribution is 14.0. The van der Waals surface area contributed by atoms with Crippen molar-refractivity contribution in [2.24, 2.45) is 4.99 Å². The highest BCUT2D eigenvalue weighted by atomic mass is 127. The number of rotatable bonds is 7. The van der Waals surface area contributed by atoms with Gasteiger partial charge in [0, 0.05) is 19.6 Å². The summed E-state index contributed by atoms with van der Waals surface area (Å²) in [6.45, 7) is 3.72. The molecule has 130 valence electrons. The van der Waals surface area contributed by atoms with Gasteiger partial charge in [0.15, 0.2) is 5.96 Å². The van der Waals surface area contributed by atoms with Crippen molar-refractivity contribution in [2.45, 2.75) is 58.0 Å². The number of nitrogens with zero attached hydrogens (tertiary/aromatic N) is 1. The maximum absolute atomic E-state index is 5.75. The molecule has 0 spiro atoms. The Balaban J connectivity index is 0.00000264. The van der Waals surface area contributed by atoms with E-state index in [2.05, 4.69) is 34.7 Å². The summed E-state index contributed by atoms with van der Waals surface area (Å²) in [7, 11) is 1.83. The molecule has 4 nitrogen and oxygen atoms in total. The van der Waals surface area contributed by atoms with Crippen LogP contribution in [0.5, 0.6) is 5.75 Å². The van der Waals surface area contributed by atoms with Gasteiger partial charge in [-0.2, -0.15) is 0 Å². The second-order valence-electron chi connectivity index (χ2n) is 5.90. The monoisotopic (exact) mass is 431 g/mol. The number of guanidine groups is 1. The molecule has 1 aliphatic rings. The summed E-state index contributed by atoms with van der Waals surface area (Å²) in [4.78, 5) is 4.31. The van der Waals surface area contributed by atoms with E-state index in [0.29, 0.717) is 6.04 Å². The molecule has 2 N–H and O–H groups in total. The van der Waals surface area contributed by atoms with Gasteiger partial charge in [-0.3, -0.25) is 4.99 Å². The van der Waals surface area contributed by atoms with E-state index in [4.69, 9.17) is 4.74 Å². The summed E-state index contributed by atoms with van der Waals surface area (Å²) in [5, 5.41) is 6.89. The average molecular weight is 431 g/mol. The highest BCUT2D eigenvalue weighted by Crippen LogP contribution is 2.17. The first-order valence-corrected chi connectivity index (χ1v) is 8.50. The van der Waals surface area contributed by atoms with E-state index >= 15 is 0 Å². The Morgan fingerprint density at radius 3 is 2.78 bits per heavy atom. The molecule has 1 aromatic rings. The number of benzene rings is 1. The minimum absolute atomic E-state index is 0. The molecule has 2 rings (SSSR count). The lowest BCUT2D eigenvalue weighted by atomic mass is 10.2. The van der Waals surface area contributed by atoms with Crippen LogP contribution < -0.4 is 15.4 Å². The number of ether oxygens (including phenoxy) is 1. The molecule has 5 heteroatoms. The molecule has 0 heterocycles. The molecular weight excluding hydrogens is 401 g/mol. The van der Waals surface area contributed by atoms with Crippen LogP contribution in [-0.4, -0.2) is 25.7 Å². The molecular formula is C18H30IN3O. The van der Waals surface area contributed by atoms with E-state index in [0.717, 1.165) is 37.7 Å². The lowest BCUT2D eigenvalue weighted by molar-refractivity contribution is 0.309. The van der Waals surface area contributed by atoms with Gasteiger partial charge in [0.05, 0.1) is 6.61 Å². The minimum Gasteiger partial charge on any atom is -0.494 e. The van der Waals surface area contributed by atoms with Crippen molar-refractivity contribution in [1.29, 1.82) is 0 Å². The molecule has 0 unspecified atom stereocenters. The van der Waals surface area contributed by atoms with E-state index in [9.17, 15) is 0 Å². The van der Waals surface area contributed by atoms with Gasteiger partial charge in [-0.25, -0.2) is 0 Å². The largest absolute Gasteiger partial charge is 0.494 e. The Morgan fingerprint density at radius 1 is 1.30 bits per heavy atom. The predicted octanol–water partition coefficient (Wildman–Crippen LogP) is 4.09. The maximum atomic E-state index is 5.75. The standard InChI is InChI=1S/C18H29N3O.HI/c1-3-4-12-22-17-11-7-8-15(13-17)14-20-18(19-2)21-16-9-5-6-10-16;/h7-8,11,13,16H,3-6,9-10,12,14H2,1-2H3,(H2,19,20,21);1H. The second-order valence-corrected chi connectivity index (χ2v) is 5.90. The third kappa shape index (κ3) is 7.42. The zero-order valence-electron chi connectivity index (χ0n) is 14.3. The van der Waals surface area contributed by atoms with E-state index in [1.807, 2.05) is 19.2 Å². The van der Waals surface area contributed by atoms with Crippen molar-refractivity contribution < 1.29 is 4.74 Å². The van der Waals surface area contributed by atoms with Crippen LogP contribution in [0.25, 0.3) is 0 Å². The number of aliphatic imine (C=N–C) groups is 1. The second kappa shape index (κ2) is 11.5. The number of hydrogen-bond donors (Lipinski definition) is 2.